The van der Waals surface area contributed by atoms with Crippen LogP contribution in [0.5, 0.6) is 0 Å². The van der Waals surface area contributed by atoms with Crippen molar-refractivity contribution in [1.82, 2.24) is 5.32 Å². The molecule has 0 aromatic heterocycles. The van der Waals surface area contributed by atoms with Crippen molar-refractivity contribution in [2.75, 3.05) is 6.61 Å². The monoisotopic (exact) mass is 477 g/mol. The highest BCUT2D eigenvalue weighted by Crippen LogP contribution is 2.44. The predicted molar refractivity (Wildman–Crippen MR) is 115 cm³/mol. The molecule has 0 bridgehead atoms. The second-order valence-electron chi connectivity index (χ2n) is 8.06. The van der Waals surface area contributed by atoms with E-state index in [9.17, 15) is 4.79 Å². The minimum absolute atomic E-state index is 0.0513. The lowest BCUT2D eigenvalue weighted by Crippen LogP contribution is -2.62. The van der Waals surface area contributed by atoms with Gasteiger partial charge in [-0.25, -0.2) is 0 Å². The highest BCUT2D eigenvalue weighted by atomic mass is 35.6. The van der Waals surface area contributed by atoms with E-state index in [0.29, 0.717) is 6.61 Å². The molecule has 1 aromatic rings. The van der Waals surface area contributed by atoms with E-state index in [1.54, 1.807) is 6.08 Å². The molecule has 0 spiro atoms. The van der Waals surface area contributed by atoms with Crippen molar-refractivity contribution in [2.45, 2.75) is 61.0 Å². The summed E-state index contributed by atoms with van der Waals surface area (Å²) in [4.78, 5) is 12.6. The van der Waals surface area contributed by atoms with Crippen LogP contribution in [-0.4, -0.2) is 46.1 Å². The van der Waals surface area contributed by atoms with Gasteiger partial charge in [0.05, 0.1) is 19.3 Å². The molecule has 0 saturated carbocycles. The zero-order valence-electron chi connectivity index (χ0n) is 17.1. The molecule has 2 fully saturated rings. The van der Waals surface area contributed by atoms with Crippen LogP contribution in [0.1, 0.15) is 26.3 Å². The van der Waals surface area contributed by atoms with E-state index in [-0.39, 0.29) is 18.6 Å². The van der Waals surface area contributed by atoms with Gasteiger partial charge in [-0.15, -0.1) is 6.58 Å². The molecule has 6 nitrogen and oxygen atoms in total. The Labute approximate surface area is 191 Å². The molecular weight excluding hydrogens is 453 g/mol. The summed E-state index contributed by atoms with van der Waals surface area (Å²) in [6, 6.07) is 9.65. The van der Waals surface area contributed by atoms with Crippen LogP contribution in [0.4, 0.5) is 0 Å². The molecule has 2 aliphatic heterocycles. The number of alkyl halides is 3. The molecule has 0 radical (unpaired) electrons. The van der Waals surface area contributed by atoms with E-state index in [0.717, 1.165) is 5.56 Å². The zero-order valence-corrected chi connectivity index (χ0v) is 19.3. The van der Waals surface area contributed by atoms with Crippen molar-refractivity contribution in [1.29, 1.82) is 0 Å². The van der Waals surface area contributed by atoms with Gasteiger partial charge in [-0.2, -0.15) is 0 Å². The number of rotatable bonds is 7. The number of carbonyl (C=O) groups is 1. The first-order chi connectivity index (χ1) is 14.0. The molecule has 0 unspecified atom stereocenters. The smallest absolute Gasteiger partial charge is 0.273 e. The standard InChI is InChI=1S/C21H26Cl3NO5/c1-5-20(25-18(26)21(22,23)24,12-27-11-14-9-7-6-8-10-14)16-13(2)15-17(28-16)30-19(3,4)29-15/h5-10,13,15-17H,1,11-12H2,2-4H3,(H,25,26)/t13-,15+,16-,17+,20+/m0/s1. The summed E-state index contributed by atoms with van der Waals surface area (Å²) in [5, 5.41) is 2.77. The molecule has 166 valence electrons. The average Bonchev–Trinajstić information content (AvgIpc) is 3.14. The quantitative estimate of drug-likeness (QED) is 0.471. The molecule has 9 heteroatoms. The van der Waals surface area contributed by atoms with Gasteiger partial charge in [0.1, 0.15) is 11.6 Å². The van der Waals surface area contributed by atoms with E-state index < -0.39 is 33.4 Å². The van der Waals surface area contributed by atoms with Crippen molar-refractivity contribution in [3.63, 3.8) is 0 Å². The second kappa shape index (κ2) is 8.94. The van der Waals surface area contributed by atoms with Gasteiger partial charge in [0, 0.05) is 5.92 Å². The molecule has 1 amide bonds. The van der Waals surface area contributed by atoms with Crippen LogP contribution in [-0.2, 0) is 30.3 Å². The van der Waals surface area contributed by atoms with E-state index in [1.165, 1.54) is 0 Å². The third-order valence-corrected chi connectivity index (χ3v) is 5.81. The SMILES string of the molecule is C=C[C@](COCc1ccccc1)(NC(=O)C(Cl)(Cl)Cl)[C@H]1O[C@@H]2OC(C)(C)O[C@@H]2[C@@H]1C. The van der Waals surface area contributed by atoms with E-state index in [1.807, 2.05) is 51.1 Å². The first kappa shape index (κ1) is 23.8. The Bertz CT molecular complexity index is 770. The summed E-state index contributed by atoms with van der Waals surface area (Å²) in [5.41, 5.74) is -0.190. The number of halogens is 3. The van der Waals surface area contributed by atoms with Gasteiger partial charge in [0.25, 0.3) is 9.70 Å². The maximum atomic E-state index is 12.6. The van der Waals surface area contributed by atoms with Crippen LogP contribution in [0.2, 0.25) is 0 Å². The second-order valence-corrected chi connectivity index (χ2v) is 10.3. The summed E-state index contributed by atoms with van der Waals surface area (Å²) in [5.74, 6) is -1.72. The van der Waals surface area contributed by atoms with E-state index >= 15 is 0 Å². The van der Waals surface area contributed by atoms with Gasteiger partial charge in [-0.1, -0.05) is 78.1 Å². The fourth-order valence-corrected chi connectivity index (χ4v) is 4.00. The van der Waals surface area contributed by atoms with E-state index in [4.69, 9.17) is 53.8 Å². The molecule has 1 N–H and O–H groups in total. The van der Waals surface area contributed by atoms with Crippen LogP contribution < -0.4 is 5.32 Å². The van der Waals surface area contributed by atoms with Gasteiger partial charge < -0.3 is 24.3 Å². The summed E-state index contributed by atoms with van der Waals surface area (Å²) in [7, 11) is 0. The molecule has 3 rings (SSSR count). The van der Waals surface area contributed by atoms with Crippen molar-refractivity contribution < 1.29 is 23.7 Å². The first-order valence-electron chi connectivity index (χ1n) is 9.63. The van der Waals surface area contributed by atoms with Crippen LogP contribution in [0.3, 0.4) is 0 Å². The molecule has 2 saturated heterocycles. The molecule has 0 aliphatic carbocycles. The molecule has 30 heavy (non-hydrogen) atoms. The van der Waals surface area contributed by atoms with Gasteiger partial charge in [0.15, 0.2) is 12.1 Å². The number of hydrogen-bond acceptors (Lipinski definition) is 5. The Hall–Kier alpha value is -0.860. The van der Waals surface area contributed by atoms with Crippen LogP contribution in [0.25, 0.3) is 0 Å². The van der Waals surface area contributed by atoms with Crippen molar-refractivity contribution in [3.05, 3.63) is 48.6 Å². The maximum Gasteiger partial charge on any atom is 0.273 e. The molecule has 2 heterocycles. The van der Waals surface area contributed by atoms with Gasteiger partial charge in [-0.3, -0.25) is 4.79 Å². The first-order valence-corrected chi connectivity index (χ1v) is 10.8. The lowest BCUT2D eigenvalue weighted by molar-refractivity contribution is -0.218. The highest BCUT2D eigenvalue weighted by molar-refractivity contribution is 6.76. The predicted octanol–water partition coefficient (Wildman–Crippen LogP) is 4.13. The lowest BCUT2D eigenvalue weighted by Gasteiger charge is -2.40. The molecule has 2 aliphatic rings. The number of carbonyl (C=O) groups excluding carboxylic acids is 1. The zero-order chi connectivity index (χ0) is 22.2. The third kappa shape index (κ3) is 5.13. The Kier molecular flexibility index (Phi) is 7.09. The molecule has 1 aromatic carbocycles. The minimum atomic E-state index is -2.15. The fourth-order valence-electron chi connectivity index (χ4n) is 3.86. The van der Waals surface area contributed by atoms with E-state index in [2.05, 4.69) is 11.9 Å². The Morgan fingerprint density at radius 2 is 1.93 bits per heavy atom. The highest BCUT2D eigenvalue weighted by Gasteiger charge is 2.59. The molecular formula is C21H26Cl3NO5. The Morgan fingerprint density at radius 3 is 2.50 bits per heavy atom. The maximum absolute atomic E-state index is 12.6. The lowest BCUT2D eigenvalue weighted by atomic mass is 9.84. The minimum Gasteiger partial charge on any atom is -0.374 e. The van der Waals surface area contributed by atoms with Crippen LogP contribution in [0.15, 0.2) is 43.0 Å². The van der Waals surface area contributed by atoms with Crippen molar-refractivity contribution in [2.24, 2.45) is 5.92 Å². The number of fused-ring (bicyclic) bond motifs is 1. The number of hydrogen-bond donors (Lipinski definition) is 1. The average molecular weight is 479 g/mol. The Balaban J connectivity index is 1.81. The molecule has 5 atom stereocenters. The van der Waals surface area contributed by atoms with Crippen molar-refractivity contribution >= 4 is 40.7 Å². The third-order valence-electron chi connectivity index (χ3n) is 5.29. The number of benzene rings is 1. The fraction of sp³-hybridized carbons (Fsp3) is 0.571. The van der Waals surface area contributed by atoms with Gasteiger partial charge >= 0.3 is 0 Å². The van der Waals surface area contributed by atoms with Crippen LogP contribution >= 0.6 is 34.8 Å². The topological polar surface area (TPSA) is 66.0 Å². The van der Waals surface area contributed by atoms with Crippen molar-refractivity contribution in [3.8, 4) is 0 Å². The summed E-state index contributed by atoms with van der Waals surface area (Å²) >= 11 is 17.4. The number of nitrogens with one attached hydrogen (secondary N) is 1. The number of ether oxygens (including phenoxy) is 4. The largest absolute Gasteiger partial charge is 0.374 e. The van der Waals surface area contributed by atoms with Crippen LogP contribution in [0, 0.1) is 5.92 Å². The summed E-state index contributed by atoms with van der Waals surface area (Å²) in [6.07, 6.45) is 0.0778. The normalized spacial score (nSPS) is 29.8. The Morgan fingerprint density at radius 1 is 1.27 bits per heavy atom. The summed E-state index contributed by atoms with van der Waals surface area (Å²) < 4.78 is 21.8. The van der Waals surface area contributed by atoms with Gasteiger partial charge in [-0.05, 0) is 19.4 Å². The van der Waals surface area contributed by atoms with Gasteiger partial charge in [0.2, 0.25) is 0 Å². The number of amides is 1. The summed E-state index contributed by atoms with van der Waals surface area (Å²) in [6.45, 7) is 9.89.